The number of esters is 1. The molecule has 0 aliphatic carbocycles. The van der Waals surface area contributed by atoms with Gasteiger partial charge in [0.05, 0.1) is 32.0 Å². The molecule has 1 saturated heterocycles. The lowest BCUT2D eigenvalue weighted by atomic mass is 9.99. The summed E-state index contributed by atoms with van der Waals surface area (Å²) in [6.45, 7) is 4.18. The number of carbonyl (C=O) groups is 2. The van der Waals surface area contributed by atoms with Crippen molar-refractivity contribution in [1.82, 2.24) is 5.32 Å². The summed E-state index contributed by atoms with van der Waals surface area (Å²) in [4.78, 5) is 25.1. The van der Waals surface area contributed by atoms with E-state index in [9.17, 15) is 35.1 Å². The molecule has 1 rings (SSSR count). The van der Waals surface area contributed by atoms with E-state index in [4.69, 9.17) is 14.2 Å². The van der Waals surface area contributed by atoms with Crippen LogP contribution in [-0.4, -0.2) is 100 Å². The van der Waals surface area contributed by atoms with Gasteiger partial charge in [-0.25, -0.2) is 0 Å². The SMILES string of the molecule is CCCCC/C=C/CC/C=C/C(O)C(COC1OC(CO)C(O)C(O)C1O)NC(=O)CCCCCCCCC/C=C\C/C=C\CCCCCOC(=O)CCCCCCCCC/C=C\C/C=C\CCCCCC. The first kappa shape index (κ1) is 67.1. The van der Waals surface area contributed by atoms with Crippen molar-refractivity contribution in [1.29, 1.82) is 0 Å². The Hall–Kier alpha value is -2.90. The Morgan fingerprint density at radius 1 is 0.514 bits per heavy atom. The predicted molar refractivity (Wildman–Crippen MR) is 296 cm³/mol. The Balaban J connectivity index is 2.07. The molecule has 0 bridgehead atoms. The van der Waals surface area contributed by atoms with E-state index in [-0.39, 0.29) is 18.5 Å². The van der Waals surface area contributed by atoms with Crippen molar-refractivity contribution in [2.24, 2.45) is 0 Å². The summed E-state index contributed by atoms with van der Waals surface area (Å²) in [5, 5.41) is 54.1. The maximum atomic E-state index is 13.0. The van der Waals surface area contributed by atoms with Crippen LogP contribution >= 0.6 is 0 Å². The normalized spacial score (nSPS) is 19.6. The molecule has 1 heterocycles. The van der Waals surface area contributed by atoms with Gasteiger partial charge < -0.3 is 45.1 Å². The molecule has 1 fully saturated rings. The Labute approximate surface area is 439 Å². The highest BCUT2D eigenvalue weighted by Gasteiger charge is 2.44. The maximum Gasteiger partial charge on any atom is 0.305 e. The fourth-order valence-corrected chi connectivity index (χ4v) is 8.57. The minimum atomic E-state index is -1.58. The Kier molecular flexibility index (Phi) is 46.9. The van der Waals surface area contributed by atoms with Gasteiger partial charge >= 0.3 is 5.97 Å². The van der Waals surface area contributed by atoms with Crippen LogP contribution in [-0.2, 0) is 23.8 Å². The molecular weight excluding hydrogens is 907 g/mol. The van der Waals surface area contributed by atoms with E-state index in [2.05, 4.69) is 79.9 Å². The van der Waals surface area contributed by atoms with Crippen molar-refractivity contribution in [2.75, 3.05) is 19.8 Å². The molecule has 1 amide bonds. The van der Waals surface area contributed by atoms with Gasteiger partial charge in [-0.05, 0) is 116 Å². The summed E-state index contributed by atoms with van der Waals surface area (Å²) in [7, 11) is 0. The van der Waals surface area contributed by atoms with E-state index in [1.165, 1.54) is 109 Å². The van der Waals surface area contributed by atoms with E-state index in [0.717, 1.165) is 103 Å². The van der Waals surface area contributed by atoms with Crippen LogP contribution in [0.5, 0.6) is 0 Å². The zero-order chi connectivity index (χ0) is 52.4. The monoisotopic (exact) mass is 1010 g/mol. The highest BCUT2D eigenvalue weighted by Crippen LogP contribution is 2.23. The van der Waals surface area contributed by atoms with E-state index in [1.54, 1.807) is 6.08 Å². The molecule has 0 aromatic heterocycles. The van der Waals surface area contributed by atoms with Crippen molar-refractivity contribution in [2.45, 2.75) is 281 Å². The number of nitrogens with one attached hydrogen (secondary N) is 1. The number of allylic oxidation sites excluding steroid dienone is 11. The summed E-state index contributed by atoms with van der Waals surface area (Å²) in [5.41, 5.74) is 0. The van der Waals surface area contributed by atoms with E-state index in [1.807, 2.05) is 6.08 Å². The zero-order valence-corrected chi connectivity index (χ0v) is 45.6. The summed E-state index contributed by atoms with van der Waals surface area (Å²) in [5.74, 6) is -0.255. The molecule has 7 atom stereocenters. The number of hydrogen-bond acceptors (Lipinski definition) is 10. The Morgan fingerprint density at radius 3 is 1.49 bits per heavy atom. The van der Waals surface area contributed by atoms with Gasteiger partial charge in [-0.3, -0.25) is 9.59 Å². The molecule has 0 aromatic carbocycles. The summed E-state index contributed by atoms with van der Waals surface area (Å²) >= 11 is 0. The standard InChI is InChI=1S/C61H107NO10/c1-3-5-7-9-11-13-14-15-16-17-20-23-26-29-33-37-41-45-49-57(66)70-50-46-42-38-34-30-27-24-21-18-19-22-25-28-32-36-40-44-48-56(65)62-53(54(64)47-43-39-35-31-12-10-8-6-4-2)52-71-61-60(69)59(68)58(67)55(51-63)72-61/h12-14,16-18,21,27,30-31,43,47,53-55,58-61,63-64,67-69H,3-11,15,19-20,22-26,28-29,32-42,44-46,48-52H2,1-2H3,(H,62,65)/b14-13-,17-16-,21-18-,30-27-,31-12+,47-43+. The van der Waals surface area contributed by atoms with Gasteiger partial charge in [0.2, 0.25) is 5.91 Å². The molecule has 0 spiro atoms. The first-order chi connectivity index (χ1) is 35.2. The second-order valence-electron chi connectivity index (χ2n) is 20.0. The number of hydrogen-bond donors (Lipinski definition) is 6. The van der Waals surface area contributed by atoms with Gasteiger partial charge in [0.1, 0.15) is 24.4 Å². The van der Waals surface area contributed by atoms with E-state index in [0.29, 0.717) is 19.4 Å². The highest BCUT2D eigenvalue weighted by atomic mass is 16.7. The van der Waals surface area contributed by atoms with Crippen molar-refractivity contribution in [3.8, 4) is 0 Å². The van der Waals surface area contributed by atoms with Crippen LogP contribution in [0, 0.1) is 0 Å². The van der Waals surface area contributed by atoms with E-state index < -0.39 is 49.5 Å². The lowest BCUT2D eigenvalue weighted by Gasteiger charge is -2.40. The van der Waals surface area contributed by atoms with Gasteiger partial charge in [0.25, 0.3) is 0 Å². The molecule has 0 radical (unpaired) electrons. The third kappa shape index (κ3) is 39.5. The first-order valence-corrected chi connectivity index (χ1v) is 29.2. The van der Waals surface area contributed by atoms with Crippen LogP contribution < -0.4 is 5.32 Å². The summed E-state index contributed by atoms with van der Waals surface area (Å²) in [6.07, 6.45) is 55.8. The molecule has 1 aliphatic rings. The molecule has 6 N–H and O–H groups in total. The number of ether oxygens (including phenoxy) is 3. The Bertz CT molecular complexity index is 1430. The minimum Gasteiger partial charge on any atom is -0.466 e. The smallest absolute Gasteiger partial charge is 0.305 e. The highest BCUT2D eigenvalue weighted by molar-refractivity contribution is 5.76. The number of carbonyl (C=O) groups excluding carboxylic acids is 2. The Morgan fingerprint density at radius 2 is 0.944 bits per heavy atom. The number of aliphatic hydroxyl groups is 5. The van der Waals surface area contributed by atoms with Crippen molar-refractivity contribution < 1.29 is 49.3 Å². The van der Waals surface area contributed by atoms with Crippen LogP contribution in [0.1, 0.15) is 239 Å². The zero-order valence-electron chi connectivity index (χ0n) is 45.6. The summed E-state index contributed by atoms with van der Waals surface area (Å²) in [6, 6.07) is -0.840. The second-order valence-corrected chi connectivity index (χ2v) is 20.0. The number of amides is 1. The molecule has 0 saturated carbocycles. The number of rotatable bonds is 49. The molecule has 416 valence electrons. The van der Waals surface area contributed by atoms with Crippen molar-refractivity contribution >= 4 is 11.9 Å². The topological polar surface area (TPSA) is 175 Å². The largest absolute Gasteiger partial charge is 0.466 e. The molecule has 1 aliphatic heterocycles. The number of aliphatic hydroxyl groups excluding tert-OH is 5. The van der Waals surface area contributed by atoms with Gasteiger partial charge in [0, 0.05) is 12.8 Å². The fourth-order valence-electron chi connectivity index (χ4n) is 8.57. The third-order valence-electron chi connectivity index (χ3n) is 13.3. The van der Waals surface area contributed by atoms with Crippen LogP contribution in [0.3, 0.4) is 0 Å². The molecule has 7 unspecified atom stereocenters. The third-order valence-corrected chi connectivity index (χ3v) is 13.3. The van der Waals surface area contributed by atoms with Gasteiger partial charge in [-0.15, -0.1) is 0 Å². The fraction of sp³-hybridized carbons (Fsp3) is 0.770. The van der Waals surface area contributed by atoms with Gasteiger partial charge in [-0.2, -0.15) is 0 Å². The van der Waals surface area contributed by atoms with Crippen molar-refractivity contribution in [3.05, 3.63) is 72.9 Å². The van der Waals surface area contributed by atoms with Gasteiger partial charge in [-0.1, -0.05) is 183 Å². The molecule has 72 heavy (non-hydrogen) atoms. The van der Waals surface area contributed by atoms with Gasteiger partial charge in [0.15, 0.2) is 6.29 Å². The van der Waals surface area contributed by atoms with Crippen molar-refractivity contribution in [3.63, 3.8) is 0 Å². The van der Waals surface area contributed by atoms with Crippen LogP contribution in [0.25, 0.3) is 0 Å². The maximum absolute atomic E-state index is 13.0. The molecule has 11 heteroatoms. The quantitative estimate of drug-likeness (QED) is 0.0195. The molecule has 11 nitrogen and oxygen atoms in total. The number of unbranched alkanes of at least 4 members (excludes halogenated alkanes) is 25. The minimum absolute atomic E-state index is 0.0417. The average Bonchev–Trinajstić information content (AvgIpc) is 3.38. The average molecular weight is 1010 g/mol. The summed E-state index contributed by atoms with van der Waals surface area (Å²) < 4.78 is 16.6. The first-order valence-electron chi connectivity index (χ1n) is 29.2. The second kappa shape index (κ2) is 50.3. The van der Waals surface area contributed by atoms with Crippen LogP contribution in [0.2, 0.25) is 0 Å². The lowest BCUT2D eigenvalue weighted by Crippen LogP contribution is -2.60. The molecular formula is C61H107NO10. The van der Waals surface area contributed by atoms with Crippen LogP contribution in [0.15, 0.2) is 72.9 Å². The lowest BCUT2D eigenvalue weighted by molar-refractivity contribution is -0.302. The van der Waals surface area contributed by atoms with E-state index >= 15 is 0 Å². The van der Waals surface area contributed by atoms with Crippen LogP contribution in [0.4, 0.5) is 0 Å². The predicted octanol–water partition coefficient (Wildman–Crippen LogP) is 13.2. The molecule has 0 aromatic rings.